The molecule has 17 heavy (non-hydrogen) atoms. The minimum atomic E-state index is -0.272. The van der Waals surface area contributed by atoms with Crippen LogP contribution in [0.2, 0.25) is 0 Å². The lowest BCUT2D eigenvalue weighted by molar-refractivity contribution is 0.0676. The van der Waals surface area contributed by atoms with E-state index in [1.807, 2.05) is 6.92 Å². The van der Waals surface area contributed by atoms with Gasteiger partial charge in [-0.2, -0.15) is 0 Å². The van der Waals surface area contributed by atoms with Gasteiger partial charge in [-0.1, -0.05) is 0 Å². The Morgan fingerprint density at radius 3 is 2.59 bits per heavy atom. The molecule has 0 spiro atoms. The third-order valence-corrected chi connectivity index (χ3v) is 3.39. The summed E-state index contributed by atoms with van der Waals surface area (Å²) >= 11 is 0. The Kier molecular flexibility index (Phi) is 3.50. The summed E-state index contributed by atoms with van der Waals surface area (Å²) < 4.78 is 17.8. The van der Waals surface area contributed by atoms with Crippen LogP contribution in [0.1, 0.15) is 34.7 Å². The molecule has 1 aliphatic heterocycles. The summed E-state index contributed by atoms with van der Waals surface area (Å²) in [5.41, 5.74) is 0.640. The van der Waals surface area contributed by atoms with Gasteiger partial charge in [0.15, 0.2) is 0 Å². The number of carbonyl (C=O) groups excluding carboxylic acids is 1. The van der Waals surface area contributed by atoms with Crippen LogP contribution in [0.15, 0.2) is 10.5 Å². The average Bonchev–Trinajstić information content (AvgIpc) is 2.68. The summed E-state index contributed by atoms with van der Waals surface area (Å²) in [6, 6.07) is 1.78. The topological polar surface area (TPSA) is 33.5 Å². The van der Waals surface area contributed by atoms with Crippen molar-refractivity contribution in [2.75, 3.05) is 19.8 Å². The molecule has 0 aliphatic carbocycles. The number of halogens is 1. The third kappa shape index (κ3) is 2.51. The van der Waals surface area contributed by atoms with Crippen LogP contribution >= 0.6 is 0 Å². The minimum absolute atomic E-state index is 0.0108. The molecule has 1 saturated heterocycles. The van der Waals surface area contributed by atoms with E-state index in [1.165, 1.54) is 0 Å². The predicted octanol–water partition coefficient (Wildman–Crippen LogP) is 2.72. The van der Waals surface area contributed by atoms with E-state index >= 15 is 0 Å². The maximum Gasteiger partial charge on any atom is 0.257 e. The Morgan fingerprint density at radius 1 is 1.47 bits per heavy atom. The third-order valence-electron chi connectivity index (χ3n) is 3.39. The molecule has 0 N–H and O–H groups in total. The van der Waals surface area contributed by atoms with Gasteiger partial charge in [-0.3, -0.25) is 9.18 Å². The van der Waals surface area contributed by atoms with Crippen LogP contribution < -0.4 is 0 Å². The van der Waals surface area contributed by atoms with Crippen LogP contribution in [0.3, 0.4) is 0 Å². The monoisotopic (exact) mass is 239 g/mol. The number of hydrogen-bond acceptors (Lipinski definition) is 2. The fraction of sp³-hybridized carbons (Fsp3) is 0.615. The van der Waals surface area contributed by atoms with E-state index in [9.17, 15) is 9.18 Å². The molecule has 3 nitrogen and oxygen atoms in total. The summed E-state index contributed by atoms with van der Waals surface area (Å²) in [5, 5.41) is 0. The smallest absolute Gasteiger partial charge is 0.257 e. The molecule has 0 unspecified atom stereocenters. The molecule has 4 heteroatoms. The first-order chi connectivity index (χ1) is 8.11. The molecule has 2 rings (SSSR count). The van der Waals surface area contributed by atoms with Crippen LogP contribution in [-0.4, -0.2) is 30.6 Å². The Balaban J connectivity index is 2.04. The highest BCUT2D eigenvalue weighted by molar-refractivity contribution is 5.95. The lowest BCUT2D eigenvalue weighted by Crippen LogP contribution is -2.39. The summed E-state index contributed by atoms with van der Waals surface area (Å²) in [6.45, 7) is 4.66. The van der Waals surface area contributed by atoms with E-state index < -0.39 is 0 Å². The van der Waals surface area contributed by atoms with Gasteiger partial charge in [0.1, 0.15) is 11.5 Å². The maximum atomic E-state index is 12.5. The first-order valence-electron chi connectivity index (χ1n) is 6.04. The van der Waals surface area contributed by atoms with Crippen LogP contribution in [0.5, 0.6) is 0 Å². The molecule has 1 amide bonds. The normalized spacial score (nSPS) is 17.5. The van der Waals surface area contributed by atoms with Gasteiger partial charge in [-0.15, -0.1) is 0 Å². The molecule has 0 saturated carbocycles. The van der Waals surface area contributed by atoms with Gasteiger partial charge in [-0.05, 0) is 38.7 Å². The summed E-state index contributed by atoms with van der Waals surface area (Å²) in [4.78, 5) is 14.0. The second-order valence-corrected chi connectivity index (χ2v) is 4.72. The van der Waals surface area contributed by atoms with E-state index in [2.05, 4.69) is 0 Å². The van der Waals surface area contributed by atoms with Gasteiger partial charge in [0.25, 0.3) is 5.91 Å². The van der Waals surface area contributed by atoms with Crippen molar-refractivity contribution in [3.05, 3.63) is 23.2 Å². The van der Waals surface area contributed by atoms with Crippen LogP contribution in [-0.2, 0) is 0 Å². The van der Waals surface area contributed by atoms with Crippen molar-refractivity contribution in [3.8, 4) is 0 Å². The zero-order valence-corrected chi connectivity index (χ0v) is 10.3. The molecule has 0 atom stereocenters. The summed E-state index contributed by atoms with van der Waals surface area (Å²) in [5.74, 6) is 1.56. The standard InChI is InChI=1S/C13H18FNO2/c1-9-7-12(10(2)17-9)13(16)15-5-3-11(8-14)4-6-15/h7,11H,3-6,8H2,1-2H3. The van der Waals surface area contributed by atoms with E-state index in [1.54, 1.807) is 17.9 Å². The number of aryl methyl sites for hydroxylation is 2. The fourth-order valence-electron chi connectivity index (χ4n) is 2.30. The molecule has 0 radical (unpaired) electrons. The largest absolute Gasteiger partial charge is 0.466 e. The number of amides is 1. The number of rotatable bonds is 2. The van der Waals surface area contributed by atoms with Crippen molar-refractivity contribution in [3.63, 3.8) is 0 Å². The van der Waals surface area contributed by atoms with Crippen LogP contribution in [0.4, 0.5) is 4.39 Å². The first kappa shape index (κ1) is 12.1. The second kappa shape index (κ2) is 4.90. The minimum Gasteiger partial charge on any atom is -0.466 e. The molecule has 94 valence electrons. The lowest BCUT2D eigenvalue weighted by atomic mass is 9.98. The number of piperidine rings is 1. The van der Waals surface area contributed by atoms with Crippen molar-refractivity contribution >= 4 is 5.91 Å². The number of alkyl halides is 1. The fourth-order valence-corrected chi connectivity index (χ4v) is 2.30. The van der Waals surface area contributed by atoms with Crippen LogP contribution in [0, 0.1) is 19.8 Å². The number of nitrogens with zero attached hydrogens (tertiary/aromatic N) is 1. The van der Waals surface area contributed by atoms with E-state index in [0.29, 0.717) is 24.4 Å². The molecular weight excluding hydrogens is 221 g/mol. The summed E-state index contributed by atoms with van der Waals surface area (Å²) in [6.07, 6.45) is 1.52. The number of likely N-dealkylation sites (tertiary alicyclic amines) is 1. The van der Waals surface area contributed by atoms with Crippen molar-refractivity contribution in [2.24, 2.45) is 5.92 Å². The zero-order chi connectivity index (χ0) is 12.4. The number of hydrogen-bond donors (Lipinski definition) is 0. The van der Waals surface area contributed by atoms with Crippen molar-refractivity contribution < 1.29 is 13.6 Å². The van der Waals surface area contributed by atoms with Gasteiger partial charge < -0.3 is 9.32 Å². The lowest BCUT2D eigenvalue weighted by Gasteiger charge is -2.30. The molecular formula is C13H18FNO2. The van der Waals surface area contributed by atoms with E-state index in [-0.39, 0.29) is 18.5 Å². The summed E-state index contributed by atoms with van der Waals surface area (Å²) in [7, 11) is 0. The SMILES string of the molecule is Cc1cc(C(=O)N2CCC(CF)CC2)c(C)o1. The molecule has 1 aliphatic rings. The Morgan fingerprint density at radius 2 is 2.12 bits per heavy atom. The Hall–Kier alpha value is -1.32. The molecule has 1 aromatic rings. The van der Waals surface area contributed by atoms with Gasteiger partial charge >= 0.3 is 0 Å². The highest BCUT2D eigenvalue weighted by atomic mass is 19.1. The van der Waals surface area contributed by atoms with Crippen molar-refractivity contribution in [1.29, 1.82) is 0 Å². The molecule has 1 aromatic heterocycles. The van der Waals surface area contributed by atoms with Crippen molar-refractivity contribution in [1.82, 2.24) is 4.90 Å². The van der Waals surface area contributed by atoms with Gasteiger partial charge in [0, 0.05) is 13.1 Å². The maximum absolute atomic E-state index is 12.5. The molecule has 1 fully saturated rings. The van der Waals surface area contributed by atoms with Gasteiger partial charge in [-0.25, -0.2) is 0 Å². The first-order valence-corrected chi connectivity index (χ1v) is 6.04. The highest BCUT2D eigenvalue weighted by Gasteiger charge is 2.25. The zero-order valence-electron chi connectivity index (χ0n) is 10.3. The number of carbonyl (C=O) groups is 1. The molecule has 0 aromatic carbocycles. The second-order valence-electron chi connectivity index (χ2n) is 4.72. The predicted molar refractivity (Wildman–Crippen MR) is 62.8 cm³/mol. The number of furan rings is 1. The van der Waals surface area contributed by atoms with Gasteiger partial charge in [0.05, 0.1) is 12.2 Å². The quantitative estimate of drug-likeness (QED) is 0.795. The molecule has 0 bridgehead atoms. The van der Waals surface area contributed by atoms with E-state index in [4.69, 9.17) is 4.42 Å². The Labute approximate surface area is 101 Å². The van der Waals surface area contributed by atoms with Crippen LogP contribution in [0.25, 0.3) is 0 Å². The van der Waals surface area contributed by atoms with Crippen molar-refractivity contribution in [2.45, 2.75) is 26.7 Å². The Bertz CT molecular complexity index is 406. The van der Waals surface area contributed by atoms with Gasteiger partial charge in [0.2, 0.25) is 0 Å². The average molecular weight is 239 g/mol. The highest BCUT2D eigenvalue weighted by Crippen LogP contribution is 2.21. The molecule has 2 heterocycles. The van der Waals surface area contributed by atoms with E-state index in [0.717, 1.165) is 18.6 Å².